The zero-order valence-electron chi connectivity index (χ0n) is 2.53. The van der Waals surface area contributed by atoms with E-state index in [2.05, 4.69) is 35.4 Å². The van der Waals surface area contributed by atoms with Gasteiger partial charge in [-0.05, 0) is 4.93 Å². The SMILES string of the molecule is C#C.CI. The van der Waals surface area contributed by atoms with Gasteiger partial charge in [0.25, 0.3) is 0 Å². The summed E-state index contributed by atoms with van der Waals surface area (Å²) in [7, 11) is 0. The van der Waals surface area contributed by atoms with Crippen molar-refractivity contribution in [3.63, 3.8) is 0 Å². The van der Waals surface area contributed by atoms with Gasteiger partial charge >= 0.3 is 0 Å². The van der Waals surface area contributed by atoms with Crippen LogP contribution >= 0.6 is 22.6 Å². The van der Waals surface area contributed by atoms with E-state index in [0.717, 1.165) is 0 Å². The summed E-state index contributed by atoms with van der Waals surface area (Å²) in [5.74, 6) is 0. The third kappa shape index (κ3) is 45.3. The van der Waals surface area contributed by atoms with Crippen molar-refractivity contribution < 1.29 is 0 Å². The highest BCUT2D eigenvalue weighted by molar-refractivity contribution is 14.1. The van der Waals surface area contributed by atoms with Gasteiger partial charge in [-0.1, -0.05) is 22.6 Å². The van der Waals surface area contributed by atoms with E-state index in [4.69, 9.17) is 0 Å². The van der Waals surface area contributed by atoms with Gasteiger partial charge < -0.3 is 0 Å². The molecule has 0 aliphatic carbocycles. The number of halogens is 1. The molecule has 0 rings (SSSR count). The standard InChI is InChI=1S/C2H2.CH3I/c2*1-2/h1-2H;1H3. The molecule has 0 bridgehead atoms. The van der Waals surface area contributed by atoms with Gasteiger partial charge in [0.1, 0.15) is 0 Å². The molecule has 0 aliphatic rings. The third-order valence-electron chi connectivity index (χ3n) is 0. The summed E-state index contributed by atoms with van der Waals surface area (Å²) < 4.78 is 0. The topological polar surface area (TPSA) is 0 Å². The molecule has 0 aromatic heterocycles. The number of hydrogen-bond acceptors (Lipinski definition) is 0. The van der Waals surface area contributed by atoms with Gasteiger partial charge in [0.15, 0.2) is 0 Å². The van der Waals surface area contributed by atoms with E-state index in [1.165, 1.54) is 0 Å². The van der Waals surface area contributed by atoms with Gasteiger partial charge in [0, 0.05) is 0 Å². The fourth-order valence-electron chi connectivity index (χ4n) is 0. The summed E-state index contributed by atoms with van der Waals surface area (Å²) in [5.41, 5.74) is 0. The van der Waals surface area contributed by atoms with Crippen LogP contribution in [-0.4, -0.2) is 4.93 Å². The molecule has 0 heterocycles. The van der Waals surface area contributed by atoms with Crippen LogP contribution < -0.4 is 0 Å². The number of terminal acetylenes is 1. The van der Waals surface area contributed by atoms with Crippen LogP contribution in [0.3, 0.4) is 0 Å². The summed E-state index contributed by atoms with van der Waals surface area (Å²) in [6.45, 7) is 0. The Labute approximate surface area is 40.7 Å². The average Bonchev–Trinajstić information content (AvgIpc) is 1.50. The van der Waals surface area contributed by atoms with Crippen LogP contribution in [0.15, 0.2) is 0 Å². The summed E-state index contributed by atoms with van der Waals surface area (Å²) >= 11 is 2.15. The van der Waals surface area contributed by atoms with Gasteiger partial charge in [0.05, 0.1) is 0 Å². The van der Waals surface area contributed by atoms with Crippen LogP contribution in [0.25, 0.3) is 0 Å². The lowest BCUT2D eigenvalue weighted by Crippen LogP contribution is -0.798. The molecule has 0 aromatic rings. The zero-order chi connectivity index (χ0) is 4.00. The van der Waals surface area contributed by atoms with E-state index >= 15 is 0 Å². The first-order valence-corrected chi connectivity index (χ1v) is 2.87. The van der Waals surface area contributed by atoms with Gasteiger partial charge in [-0.3, -0.25) is 0 Å². The lowest BCUT2D eigenvalue weighted by Gasteiger charge is -1.05. The number of rotatable bonds is 0. The first kappa shape index (κ1) is 8.85. The molecule has 0 saturated heterocycles. The van der Waals surface area contributed by atoms with Crippen LogP contribution in [0.5, 0.6) is 0 Å². The predicted octanol–water partition coefficient (Wildman–Crippen LogP) is 1.30. The minimum atomic E-state index is 1.97. The molecular weight excluding hydrogens is 163 g/mol. The molecule has 0 nitrogen and oxygen atoms in total. The lowest BCUT2D eigenvalue weighted by molar-refractivity contribution is 2.66. The highest BCUT2D eigenvalue weighted by Gasteiger charge is 0.950. The van der Waals surface area contributed by atoms with E-state index < -0.39 is 0 Å². The van der Waals surface area contributed by atoms with E-state index in [1.807, 2.05) is 4.93 Å². The van der Waals surface area contributed by atoms with Crippen LogP contribution in [0.1, 0.15) is 0 Å². The highest BCUT2D eigenvalue weighted by atomic mass is 127. The van der Waals surface area contributed by atoms with Gasteiger partial charge in [-0.15, -0.1) is 12.8 Å². The summed E-state index contributed by atoms with van der Waals surface area (Å²) in [5, 5.41) is 0. The summed E-state index contributed by atoms with van der Waals surface area (Å²) in [6, 6.07) is 0. The number of alkyl halides is 1. The predicted molar refractivity (Wildman–Crippen MR) is 29.8 cm³/mol. The molecular formula is C3H5I. The first-order valence-electron chi connectivity index (χ1n) is 0.711. The Bertz CT molecular complexity index is 8.00. The van der Waals surface area contributed by atoms with E-state index in [9.17, 15) is 0 Å². The molecule has 24 valence electrons. The van der Waals surface area contributed by atoms with Crippen molar-refractivity contribution in [3.05, 3.63) is 0 Å². The molecule has 0 fully saturated rings. The van der Waals surface area contributed by atoms with Crippen molar-refractivity contribution in [1.82, 2.24) is 0 Å². The maximum Gasteiger partial charge on any atom is -0.0121 e. The molecule has 0 atom stereocenters. The van der Waals surface area contributed by atoms with Crippen LogP contribution in [0.2, 0.25) is 0 Å². The Morgan fingerprint density at radius 1 is 1.25 bits per heavy atom. The van der Waals surface area contributed by atoms with E-state index in [-0.39, 0.29) is 0 Å². The van der Waals surface area contributed by atoms with Crippen LogP contribution in [0, 0.1) is 12.8 Å². The molecule has 1 heteroatoms. The quantitative estimate of drug-likeness (QED) is 0.290. The van der Waals surface area contributed by atoms with Crippen molar-refractivity contribution in [2.24, 2.45) is 0 Å². The molecule has 0 unspecified atom stereocenters. The van der Waals surface area contributed by atoms with Gasteiger partial charge in [-0.2, -0.15) is 0 Å². The summed E-state index contributed by atoms with van der Waals surface area (Å²) in [4.78, 5) is 1.97. The van der Waals surface area contributed by atoms with Crippen molar-refractivity contribution in [2.45, 2.75) is 0 Å². The zero-order valence-corrected chi connectivity index (χ0v) is 4.69. The van der Waals surface area contributed by atoms with Crippen molar-refractivity contribution in [3.8, 4) is 12.8 Å². The lowest BCUT2D eigenvalue weighted by atomic mass is 11.4. The largest absolute Gasteiger partial charge is 0.124 e. The van der Waals surface area contributed by atoms with Crippen LogP contribution in [-0.2, 0) is 0 Å². The second kappa shape index (κ2) is 205. The van der Waals surface area contributed by atoms with Gasteiger partial charge in [-0.25, -0.2) is 0 Å². The second-order valence-electron chi connectivity index (χ2n) is 0. The molecule has 0 spiro atoms. The van der Waals surface area contributed by atoms with Crippen LogP contribution in [0.4, 0.5) is 0 Å². The summed E-state index contributed by atoms with van der Waals surface area (Å²) in [6.07, 6.45) is 8.00. The molecule has 0 amide bonds. The fourth-order valence-corrected chi connectivity index (χ4v) is 0. The maximum atomic E-state index is 4.00. The van der Waals surface area contributed by atoms with E-state index in [1.54, 1.807) is 0 Å². The van der Waals surface area contributed by atoms with Crippen molar-refractivity contribution in [2.75, 3.05) is 4.93 Å². The maximum absolute atomic E-state index is 4.00. The highest BCUT2D eigenvalue weighted by Crippen LogP contribution is 1.48. The Morgan fingerprint density at radius 2 is 1.25 bits per heavy atom. The number of hydrogen-bond donors (Lipinski definition) is 0. The molecule has 0 N–H and O–H groups in total. The smallest absolute Gasteiger partial charge is 0.0121 e. The van der Waals surface area contributed by atoms with Crippen molar-refractivity contribution in [1.29, 1.82) is 0 Å². The van der Waals surface area contributed by atoms with Crippen molar-refractivity contribution >= 4 is 22.6 Å². The molecule has 0 radical (unpaired) electrons. The minimum absolute atomic E-state index is 1.97. The van der Waals surface area contributed by atoms with E-state index in [0.29, 0.717) is 0 Å². The monoisotopic (exact) mass is 168 g/mol. The Balaban J connectivity index is 0. The third-order valence-corrected chi connectivity index (χ3v) is 0. The molecule has 0 aliphatic heterocycles. The molecule has 4 heavy (non-hydrogen) atoms. The molecule has 0 saturated carbocycles. The normalized spacial score (nSPS) is 2.00. The Kier molecular flexibility index (Phi) is 454. The molecule has 0 aromatic carbocycles. The second-order valence-corrected chi connectivity index (χ2v) is 0. The Morgan fingerprint density at radius 3 is 1.25 bits per heavy atom. The van der Waals surface area contributed by atoms with Gasteiger partial charge in [0.2, 0.25) is 0 Å². The average molecular weight is 168 g/mol. The Hall–Kier alpha value is 0.290. The minimum Gasteiger partial charge on any atom is -0.124 e. The fraction of sp³-hybridized carbons (Fsp3) is 0.333. The first-order chi connectivity index (χ1) is 2.00.